The lowest BCUT2D eigenvalue weighted by Crippen LogP contribution is -2.14. The number of nitrogens with one attached hydrogen (secondary N) is 2. The van der Waals surface area contributed by atoms with Gasteiger partial charge in [0.2, 0.25) is 5.95 Å². The van der Waals surface area contributed by atoms with Crippen molar-refractivity contribution in [1.29, 1.82) is 0 Å². The molecule has 3 aromatic rings. The number of rotatable bonds is 8. The molecule has 0 aliphatic heterocycles. The zero-order chi connectivity index (χ0) is 22.4. The van der Waals surface area contributed by atoms with Gasteiger partial charge in [0.05, 0.1) is 12.3 Å². The fraction of sp³-hybridized carbons (Fsp3) is 0.143. The molecule has 7 N–H and O–H groups in total. The third-order valence-corrected chi connectivity index (χ3v) is 4.26. The van der Waals surface area contributed by atoms with Crippen LogP contribution in [0.5, 0.6) is 5.75 Å². The van der Waals surface area contributed by atoms with Crippen LogP contribution in [0, 0.1) is 0 Å². The summed E-state index contributed by atoms with van der Waals surface area (Å²) in [7, 11) is 1.62. The summed E-state index contributed by atoms with van der Waals surface area (Å²) in [6.07, 6.45) is 1.59. The molecule has 0 saturated heterocycles. The van der Waals surface area contributed by atoms with Crippen molar-refractivity contribution in [1.82, 2.24) is 9.97 Å². The number of aliphatic imine (C=N–C) groups is 1. The summed E-state index contributed by atoms with van der Waals surface area (Å²) in [5, 5.41) is 34.7. The number of anilines is 4. The molecule has 0 unspecified atom stereocenters. The summed E-state index contributed by atoms with van der Waals surface area (Å²) in [4.78, 5) is 24.7. The van der Waals surface area contributed by atoms with Crippen LogP contribution in [-0.4, -0.2) is 57.7 Å². The normalized spacial score (nSPS) is 10.9. The van der Waals surface area contributed by atoms with Gasteiger partial charge in [-0.25, -0.2) is 9.78 Å². The van der Waals surface area contributed by atoms with Crippen molar-refractivity contribution in [3.8, 4) is 17.0 Å². The zero-order valence-corrected chi connectivity index (χ0v) is 16.7. The molecule has 10 heteroatoms. The van der Waals surface area contributed by atoms with Crippen molar-refractivity contribution in [2.24, 2.45) is 4.99 Å². The van der Waals surface area contributed by atoms with Gasteiger partial charge in [-0.15, -0.1) is 0 Å². The topological polar surface area (TPSA) is 166 Å². The number of aliphatic hydroxyl groups is 1. The number of nitrogens with zero attached hydrogens (tertiary/aromatic N) is 3. The maximum atomic E-state index is 12.2. The van der Waals surface area contributed by atoms with Gasteiger partial charge >= 0.3 is 5.97 Å². The fourth-order valence-corrected chi connectivity index (χ4v) is 2.90. The fourth-order valence-electron chi connectivity index (χ4n) is 2.90. The van der Waals surface area contributed by atoms with Gasteiger partial charge in [0.1, 0.15) is 11.3 Å². The van der Waals surface area contributed by atoms with Gasteiger partial charge in [-0.2, -0.15) is 4.98 Å². The van der Waals surface area contributed by atoms with Crippen LogP contribution in [0.1, 0.15) is 15.9 Å². The number of aliphatic hydroxyl groups excluding tert-OH is 1. The van der Waals surface area contributed by atoms with E-state index in [4.69, 9.17) is 10.8 Å². The van der Waals surface area contributed by atoms with E-state index < -0.39 is 5.97 Å². The zero-order valence-electron chi connectivity index (χ0n) is 16.7. The molecular formula is C21H22N6O4. The van der Waals surface area contributed by atoms with Crippen molar-refractivity contribution in [2.45, 2.75) is 0 Å². The number of phenols is 1. The van der Waals surface area contributed by atoms with Gasteiger partial charge in [0, 0.05) is 42.3 Å². The van der Waals surface area contributed by atoms with Gasteiger partial charge in [0.25, 0.3) is 0 Å². The maximum absolute atomic E-state index is 12.2. The molecule has 2 aromatic carbocycles. The molecule has 0 amide bonds. The third kappa shape index (κ3) is 5.06. The molecule has 0 fully saturated rings. The second-order valence-corrected chi connectivity index (χ2v) is 6.48. The number of nitrogens with two attached hydrogens (primary N) is 1. The Hall–Kier alpha value is -4.18. The van der Waals surface area contributed by atoms with Crippen molar-refractivity contribution in [3.63, 3.8) is 0 Å². The third-order valence-electron chi connectivity index (χ3n) is 4.26. The van der Waals surface area contributed by atoms with E-state index in [-0.39, 0.29) is 41.9 Å². The molecule has 0 atom stereocenters. The molecule has 160 valence electrons. The number of nitrogen functional groups attached to an aromatic ring is 1. The number of carboxylic acid groups (broad SMARTS) is 1. The van der Waals surface area contributed by atoms with E-state index in [1.165, 1.54) is 12.1 Å². The Kier molecular flexibility index (Phi) is 6.63. The second kappa shape index (κ2) is 9.55. The highest BCUT2D eigenvalue weighted by Gasteiger charge is 2.22. The smallest absolute Gasteiger partial charge is 0.341 e. The first-order chi connectivity index (χ1) is 14.9. The summed E-state index contributed by atoms with van der Waals surface area (Å²) in [5.41, 5.74) is 7.98. The van der Waals surface area contributed by atoms with Crippen LogP contribution in [0.25, 0.3) is 11.3 Å². The standard InChI is InChI=1S/C21H22N6O4/c1-23-11-13-9-14(5-6-16(13)22)25-19-17(20(30)31)18(12-3-2-4-15(29)10-12)26-21(27-19)24-7-8-28/h2-6,9-11,28-29H,7-8,22H2,1H3,(H,30,31)(H2,24,25,26,27)/b23-11-. The average molecular weight is 422 g/mol. The minimum Gasteiger partial charge on any atom is -0.508 e. The minimum absolute atomic E-state index is 0.0328. The van der Waals surface area contributed by atoms with E-state index in [2.05, 4.69) is 25.6 Å². The summed E-state index contributed by atoms with van der Waals surface area (Å²) >= 11 is 0. The molecule has 0 spiro atoms. The predicted octanol–water partition coefficient (Wildman–Crippen LogP) is 2.33. The quantitative estimate of drug-likeness (QED) is 0.236. The molecule has 0 bridgehead atoms. The predicted molar refractivity (Wildman–Crippen MR) is 119 cm³/mol. The van der Waals surface area contributed by atoms with Gasteiger partial charge in [-0.05, 0) is 30.3 Å². The molecule has 31 heavy (non-hydrogen) atoms. The Morgan fingerprint density at radius 3 is 2.71 bits per heavy atom. The first-order valence-electron chi connectivity index (χ1n) is 9.31. The van der Waals surface area contributed by atoms with Gasteiger partial charge in [0.15, 0.2) is 5.82 Å². The van der Waals surface area contributed by atoms with Crippen LogP contribution < -0.4 is 16.4 Å². The lowest BCUT2D eigenvalue weighted by atomic mass is 10.1. The number of hydrogen-bond acceptors (Lipinski definition) is 9. The largest absolute Gasteiger partial charge is 0.508 e. The molecule has 0 saturated carbocycles. The number of benzene rings is 2. The maximum Gasteiger partial charge on any atom is 0.341 e. The highest BCUT2D eigenvalue weighted by molar-refractivity contribution is 6.01. The SMILES string of the molecule is C/N=C\c1cc(Nc2nc(NCCO)nc(-c3cccc(O)c3)c2C(=O)O)ccc1N. The number of hydrogen-bond donors (Lipinski definition) is 6. The van der Waals surface area contributed by atoms with Crippen molar-refractivity contribution >= 4 is 35.3 Å². The van der Waals surface area contributed by atoms with E-state index in [1.54, 1.807) is 43.6 Å². The van der Waals surface area contributed by atoms with Gasteiger partial charge in [-0.1, -0.05) is 12.1 Å². The lowest BCUT2D eigenvalue weighted by Gasteiger charge is -2.15. The number of carbonyl (C=O) groups is 1. The Morgan fingerprint density at radius 2 is 2.03 bits per heavy atom. The van der Waals surface area contributed by atoms with E-state index >= 15 is 0 Å². The van der Waals surface area contributed by atoms with E-state index in [1.807, 2.05) is 0 Å². The van der Waals surface area contributed by atoms with Crippen LogP contribution in [0.4, 0.5) is 23.1 Å². The molecule has 3 rings (SSSR count). The number of aromatic hydroxyl groups is 1. The Labute approximate surface area is 178 Å². The molecule has 1 heterocycles. The van der Waals surface area contributed by atoms with Crippen LogP contribution in [0.15, 0.2) is 47.5 Å². The van der Waals surface area contributed by atoms with E-state index in [0.717, 1.165) is 0 Å². The minimum atomic E-state index is -1.25. The Morgan fingerprint density at radius 1 is 1.23 bits per heavy atom. The van der Waals surface area contributed by atoms with E-state index in [9.17, 15) is 15.0 Å². The van der Waals surface area contributed by atoms with Gasteiger partial charge in [-0.3, -0.25) is 4.99 Å². The second-order valence-electron chi connectivity index (χ2n) is 6.48. The summed E-state index contributed by atoms with van der Waals surface area (Å²) in [6.45, 7) is 0.0102. The summed E-state index contributed by atoms with van der Waals surface area (Å²) in [6, 6.07) is 11.2. The molecular weight excluding hydrogens is 400 g/mol. The Balaban J connectivity index is 2.17. The molecule has 10 nitrogen and oxygen atoms in total. The Bertz CT molecular complexity index is 1130. The molecule has 0 aliphatic rings. The highest BCUT2D eigenvalue weighted by Crippen LogP contribution is 2.32. The first-order valence-corrected chi connectivity index (χ1v) is 9.31. The van der Waals surface area contributed by atoms with Crippen molar-refractivity contribution in [2.75, 3.05) is 36.6 Å². The molecule has 0 aliphatic carbocycles. The average Bonchev–Trinajstić information content (AvgIpc) is 2.74. The number of carboxylic acids is 1. The lowest BCUT2D eigenvalue weighted by molar-refractivity contribution is 0.0698. The highest BCUT2D eigenvalue weighted by atomic mass is 16.4. The van der Waals surface area contributed by atoms with Crippen molar-refractivity contribution < 1.29 is 20.1 Å². The monoisotopic (exact) mass is 422 g/mol. The van der Waals surface area contributed by atoms with Crippen molar-refractivity contribution in [3.05, 3.63) is 53.6 Å². The number of aromatic nitrogens is 2. The van der Waals surface area contributed by atoms with Gasteiger partial charge < -0.3 is 31.7 Å². The van der Waals surface area contributed by atoms with Crippen LogP contribution in [0.2, 0.25) is 0 Å². The van der Waals surface area contributed by atoms with E-state index in [0.29, 0.717) is 22.5 Å². The number of phenolic OH excluding ortho intramolecular Hbond substituents is 1. The summed E-state index contributed by atoms with van der Waals surface area (Å²) in [5.74, 6) is -1.13. The first kappa shape index (κ1) is 21.5. The molecule has 0 radical (unpaired) electrons. The molecule has 1 aromatic heterocycles. The van der Waals surface area contributed by atoms with Crippen LogP contribution in [0.3, 0.4) is 0 Å². The van der Waals surface area contributed by atoms with Crippen LogP contribution >= 0.6 is 0 Å². The number of aromatic carboxylic acids is 1. The summed E-state index contributed by atoms with van der Waals surface area (Å²) < 4.78 is 0. The van der Waals surface area contributed by atoms with Crippen LogP contribution in [-0.2, 0) is 0 Å².